The van der Waals surface area contributed by atoms with Gasteiger partial charge in [0.25, 0.3) is 5.91 Å². The van der Waals surface area contributed by atoms with E-state index in [1.807, 2.05) is 81.4 Å². The lowest BCUT2D eigenvalue weighted by Gasteiger charge is -2.42. The fraction of sp³-hybridized carbons (Fsp3) is 0.364. The van der Waals surface area contributed by atoms with Crippen LogP contribution in [0.5, 0.6) is 0 Å². The van der Waals surface area contributed by atoms with Crippen LogP contribution in [-0.2, 0) is 15.0 Å². The second kappa shape index (κ2) is 12.2. The number of aromatic nitrogens is 3. The van der Waals surface area contributed by atoms with Gasteiger partial charge >= 0.3 is 0 Å². The molecule has 1 aliphatic heterocycles. The third-order valence-corrected chi connectivity index (χ3v) is 7.69. The van der Waals surface area contributed by atoms with E-state index in [2.05, 4.69) is 20.9 Å². The highest BCUT2D eigenvalue weighted by molar-refractivity contribution is 6.00. The zero-order valence-corrected chi connectivity index (χ0v) is 25.2. The normalized spacial score (nSPS) is 14.7. The van der Waals surface area contributed by atoms with Crippen LogP contribution >= 0.6 is 0 Å². The van der Waals surface area contributed by atoms with Gasteiger partial charge < -0.3 is 25.8 Å². The van der Waals surface area contributed by atoms with Crippen molar-refractivity contribution >= 4 is 34.6 Å². The summed E-state index contributed by atoms with van der Waals surface area (Å²) in [5.41, 5.74) is 1.67. The van der Waals surface area contributed by atoms with Gasteiger partial charge in [-0.25, -0.2) is 9.97 Å². The van der Waals surface area contributed by atoms with E-state index in [0.717, 1.165) is 11.1 Å². The summed E-state index contributed by atoms with van der Waals surface area (Å²) in [6, 6.07) is 21.3. The van der Waals surface area contributed by atoms with E-state index in [4.69, 9.17) is 9.97 Å². The largest absolute Gasteiger partial charge is 0.368 e. The summed E-state index contributed by atoms with van der Waals surface area (Å²) in [7, 11) is 0. The zero-order valence-electron chi connectivity index (χ0n) is 25.2. The van der Waals surface area contributed by atoms with Gasteiger partial charge in [0, 0.05) is 44.2 Å². The fourth-order valence-corrected chi connectivity index (χ4v) is 5.52. The van der Waals surface area contributed by atoms with E-state index in [-0.39, 0.29) is 23.3 Å². The predicted octanol–water partition coefficient (Wildman–Crippen LogP) is 4.26. The van der Waals surface area contributed by atoms with Crippen molar-refractivity contribution in [3.8, 4) is 11.4 Å². The van der Waals surface area contributed by atoms with Gasteiger partial charge in [-0.3, -0.25) is 14.4 Å². The number of fused-ring (bicyclic) bond motifs is 1. The van der Waals surface area contributed by atoms with Crippen LogP contribution in [0.4, 0.5) is 5.82 Å². The molecular formula is C33H39N7O3. The number of likely N-dealkylation sites (tertiary alicyclic amines) is 1. The fourth-order valence-electron chi connectivity index (χ4n) is 5.52. The molecule has 2 aromatic carbocycles. The Bertz CT molecular complexity index is 1600. The van der Waals surface area contributed by atoms with E-state index in [1.165, 1.54) is 6.92 Å². The van der Waals surface area contributed by atoms with Gasteiger partial charge in [0.1, 0.15) is 17.2 Å². The Hall–Kier alpha value is -4.73. The maximum absolute atomic E-state index is 13.8. The van der Waals surface area contributed by atoms with Crippen LogP contribution in [0.1, 0.15) is 56.6 Å². The van der Waals surface area contributed by atoms with Gasteiger partial charge in [-0.05, 0) is 45.2 Å². The van der Waals surface area contributed by atoms with Crippen LogP contribution in [-0.4, -0.2) is 69.3 Å². The Morgan fingerprint density at radius 2 is 1.58 bits per heavy atom. The lowest BCUT2D eigenvalue weighted by molar-refractivity contribution is -0.130. The number of nitrogens with zero attached hydrogens (tertiary/aromatic N) is 3. The third kappa shape index (κ3) is 6.69. The molecule has 4 N–H and O–H groups in total. The molecule has 10 heteroatoms. The molecule has 0 radical (unpaired) electrons. The first-order valence-electron chi connectivity index (χ1n) is 14.7. The Morgan fingerprint density at radius 1 is 0.930 bits per heavy atom. The number of piperidine rings is 1. The molecular weight excluding hydrogens is 542 g/mol. The number of benzene rings is 2. The van der Waals surface area contributed by atoms with E-state index in [9.17, 15) is 14.4 Å². The standard InChI is InChI=1S/C33H39N7O3/c1-22(41)34-17-18-35-28-25-21-26(36-29(25)38-27(37-28)23-11-7-5-8-12-23)30(42)40-19-15-33(16-20-40,24-13-9-6-10-14-24)31(43)39-32(2,3)4/h5-14,21H,15-20H2,1-4H3,(H,34,41)(H,39,43)(H2,35,36,37,38). The van der Waals surface area contributed by atoms with E-state index < -0.39 is 5.41 Å². The van der Waals surface area contributed by atoms with Gasteiger partial charge in [-0.15, -0.1) is 0 Å². The SMILES string of the molecule is CC(=O)NCCNc1nc(-c2ccccc2)nc2[nH]c(C(=O)N3CCC(C(=O)NC(C)(C)C)(c4ccccc4)CC3)cc12. The quantitative estimate of drug-likeness (QED) is 0.230. The number of aromatic amines is 1. The zero-order chi connectivity index (χ0) is 30.6. The van der Waals surface area contributed by atoms with Gasteiger partial charge in [0.2, 0.25) is 11.8 Å². The number of carbonyl (C=O) groups excluding carboxylic acids is 3. The molecule has 3 heterocycles. The molecule has 0 spiro atoms. The van der Waals surface area contributed by atoms with Crippen molar-refractivity contribution < 1.29 is 14.4 Å². The molecule has 0 saturated carbocycles. The van der Waals surface area contributed by atoms with Crippen LogP contribution in [0.3, 0.4) is 0 Å². The Labute approximate surface area is 251 Å². The smallest absolute Gasteiger partial charge is 0.270 e. The second-order valence-electron chi connectivity index (χ2n) is 12.1. The maximum atomic E-state index is 13.8. The summed E-state index contributed by atoms with van der Waals surface area (Å²) in [5.74, 6) is 0.823. The first-order chi connectivity index (χ1) is 20.6. The van der Waals surface area contributed by atoms with Crippen LogP contribution in [0.15, 0.2) is 66.7 Å². The highest BCUT2D eigenvalue weighted by atomic mass is 16.2. The molecule has 43 heavy (non-hydrogen) atoms. The second-order valence-corrected chi connectivity index (χ2v) is 12.1. The van der Waals surface area contributed by atoms with Gasteiger partial charge in [0.05, 0.1) is 10.8 Å². The van der Waals surface area contributed by atoms with Crippen LogP contribution in [0.2, 0.25) is 0 Å². The van der Waals surface area contributed by atoms with Gasteiger partial charge in [-0.2, -0.15) is 0 Å². The summed E-state index contributed by atoms with van der Waals surface area (Å²) in [4.78, 5) is 53.3. The minimum Gasteiger partial charge on any atom is -0.368 e. The van der Waals surface area contributed by atoms with Crippen LogP contribution < -0.4 is 16.0 Å². The molecule has 0 bridgehead atoms. The van der Waals surface area contributed by atoms with Crippen molar-refractivity contribution in [3.63, 3.8) is 0 Å². The van der Waals surface area contributed by atoms with Crippen molar-refractivity contribution in [1.82, 2.24) is 30.5 Å². The number of H-pyrrole nitrogens is 1. The average Bonchev–Trinajstić information content (AvgIpc) is 3.43. The number of anilines is 1. The number of carbonyl (C=O) groups is 3. The molecule has 2 aromatic heterocycles. The lowest BCUT2D eigenvalue weighted by Crippen LogP contribution is -2.56. The Morgan fingerprint density at radius 3 is 2.21 bits per heavy atom. The monoisotopic (exact) mass is 581 g/mol. The molecule has 0 unspecified atom stereocenters. The maximum Gasteiger partial charge on any atom is 0.270 e. The number of amides is 3. The summed E-state index contributed by atoms with van der Waals surface area (Å²) in [5, 5.41) is 9.93. The molecule has 3 amide bonds. The van der Waals surface area contributed by atoms with E-state index in [1.54, 1.807) is 11.0 Å². The summed E-state index contributed by atoms with van der Waals surface area (Å²) >= 11 is 0. The minimum absolute atomic E-state index is 0.0115. The Kier molecular flexibility index (Phi) is 8.47. The van der Waals surface area contributed by atoms with Gasteiger partial charge in [-0.1, -0.05) is 60.7 Å². The minimum atomic E-state index is -0.715. The first-order valence-corrected chi connectivity index (χ1v) is 14.7. The number of hydrogen-bond acceptors (Lipinski definition) is 6. The summed E-state index contributed by atoms with van der Waals surface area (Å²) < 4.78 is 0. The van der Waals surface area contributed by atoms with Crippen molar-refractivity contribution in [2.45, 2.75) is 51.5 Å². The van der Waals surface area contributed by atoms with Gasteiger partial charge in [0.15, 0.2) is 5.82 Å². The van der Waals surface area contributed by atoms with Crippen molar-refractivity contribution in [2.24, 2.45) is 0 Å². The van der Waals surface area contributed by atoms with Crippen molar-refractivity contribution in [3.05, 3.63) is 78.0 Å². The molecule has 4 aromatic rings. The van der Waals surface area contributed by atoms with E-state index in [0.29, 0.717) is 67.4 Å². The molecule has 0 aliphatic carbocycles. The number of hydrogen-bond donors (Lipinski definition) is 4. The highest BCUT2D eigenvalue weighted by Gasteiger charge is 2.44. The molecule has 224 valence electrons. The van der Waals surface area contributed by atoms with Crippen molar-refractivity contribution in [1.29, 1.82) is 0 Å². The highest BCUT2D eigenvalue weighted by Crippen LogP contribution is 2.37. The van der Waals surface area contributed by atoms with Crippen molar-refractivity contribution in [2.75, 3.05) is 31.5 Å². The number of rotatable bonds is 8. The van der Waals surface area contributed by atoms with Crippen LogP contribution in [0, 0.1) is 0 Å². The Balaban J connectivity index is 1.40. The lowest BCUT2D eigenvalue weighted by atomic mass is 9.71. The summed E-state index contributed by atoms with van der Waals surface area (Å²) in [6.45, 7) is 9.17. The molecule has 1 fully saturated rings. The topological polar surface area (TPSA) is 132 Å². The first kappa shape index (κ1) is 29.8. The molecule has 0 atom stereocenters. The summed E-state index contributed by atoms with van der Waals surface area (Å²) in [6.07, 6.45) is 1.03. The number of nitrogens with one attached hydrogen (secondary N) is 4. The third-order valence-electron chi connectivity index (χ3n) is 7.69. The van der Waals surface area contributed by atoms with Crippen LogP contribution in [0.25, 0.3) is 22.4 Å². The molecule has 1 aliphatic rings. The molecule has 5 rings (SSSR count). The predicted molar refractivity (Wildman–Crippen MR) is 168 cm³/mol. The molecule has 10 nitrogen and oxygen atoms in total. The van der Waals surface area contributed by atoms with E-state index >= 15 is 0 Å². The molecule has 1 saturated heterocycles. The average molecular weight is 582 g/mol.